The molecule has 2 atom stereocenters. The molecule has 0 saturated heterocycles. The summed E-state index contributed by atoms with van der Waals surface area (Å²) in [5, 5.41) is 0. The smallest absolute Gasteiger partial charge is 0.169 e. The van der Waals surface area contributed by atoms with Crippen molar-refractivity contribution in [2.24, 2.45) is 23.2 Å². The zero-order valence-electron chi connectivity index (χ0n) is 11.5. The molecule has 0 spiro atoms. The largest absolute Gasteiger partial charge is 0.294 e. The van der Waals surface area contributed by atoms with Gasteiger partial charge < -0.3 is 0 Å². The number of hydrogen-bond acceptors (Lipinski definition) is 1. The SMILES string of the molecule is O=C(c1ccccc1)C12CCC3C[C@H](C[C@@H](C3)C1)C2. The van der Waals surface area contributed by atoms with Crippen LogP contribution in [0.3, 0.4) is 0 Å². The lowest BCUT2D eigenvalue weighted by molar-refractivity contribution is 0.0466. The van der Waals surface area contributed by atoms with E-state index in [4.69, 9.17) is 0 Å². The molecule has 0 unspecified atom stereocenters. The highest BCUT2D eigenvalue weighted by Gasteiger charge is 2.51. The second-order valence-corrected chi connectivity index (χ2v) is 7.23. The minimum absolute atomic E-state index is 0.000185. The molecular weight excluding hydrogens is 232 g/mol. The average Bonchev–Trinajstić information content (AvgIpc) is 2.64. The third kappa shape index (κ3) is 1.86. The Labute approximate surface area is 115 Å². The molecule has 4 fully saturated rings. The Kier molecular flexibility index (Phi) is 2.58. The van der Waals surface area contributed by atoms with E-state index in [1.165, 1.54) is 38.5 Å². The standard InChI is InChI=1S/C18H22O/c19-17(16-4-2-1-3-5-16)18-7-6-13-8-14(11-18)10-15(9-13)12-18/h1-5,13-15H,6-12H2/t13?,14-,15-,18?/m1/s1. The lowest BCUT2D eigenvalue weighted by Crippen LogP contribution is -2.39. The monoisotopic (exact) mass is 254 g/mol. The second kappa shape index (κ2) is 4.19. The number of fused-ring (bicyclic) bond motifs is 1. The Balaban J connectivity index is 1.71. The van der Waals surface area contributed by atoms with E-state index in [1.807, 2.05) is 30.3 Å². The van der Waals surface area contributed by atoms with Gasteiger partial charge in [0.25, 0.3) is 0 Å². The number of Topliss-reactive ketones (excluding diaryl/α,β-unsaturated/α-hetero) is 1. The van der Waals surface area contributed by atoms with Crippen molar-refractivity contribution in [3.8, 4) is 0 Å². The zero-order valence-corrected chi connectivity index (χ0v) is 11.5. The topological polar surface area (TPSA) is 17.1 Å². The van der Waals surface area contributed by atoms with Gasteiger partial charge in [-0.2, -0.15) is 0 Å². The summed E-state index contributed by atoms with van der Waals surface area (Å²) in [6.45, 7) is 0. The van der Waals surface area contributed by atoms with Crippen molar-refractivity contribution in [1.29, 1.82) is 0 Å². The minimum atomic E-state index is 0.000185. The van der Waals surface area contributed by atoms with Gasteiger partial charge in [0, 0.05) is 11.0 Å². The normalized spacial score (nSPS) is 40.1. The minimum Gasteiger partial charge on any atom is -0.294 e. The summed E-state index contributed by atoms with van der Waals surface area (Å²) in [5.41, 5.74) is 0.947. The lowest BCUT2D eigenvalue weighted by atomic mass is 9.59. The van der Waals surface area contributed by atoms with E-state index >= 15 is 0 Å². The van der Waals surface area contributed by atoms with Crippen molar-refractivity contribution in [1.82, 2.24) is 0 Å². The summed E-state index contributed by atoms with van der Waals surface area (Å²) in [7, 11) is 0. The van der Waals surface area contributed by atoms with E-state index in [9.17, 15) is 4.79 Å². The fourth-order valence-electron chi connectivity index (χ4n) is 5.34. The molecule has 4 aliphatic rings. The van der Waals surface area contributed by atoms with E-state index in [1.54, 1.807) is 0 Å². The van der Waals surface area contributed by atoms with Gasteiger partial charge >= 0.3 is 0 Å². The molecule has 4 saturated carbocycles. The average molecular weight is 254 g/mol. The Hall–Kier alpha value is -1.11. The Morgan fingerprint density at radius 1 is 0.947 bits per heavy atom. The Morgan fingerprint density at radius 3 is 2.26 bits per heavy atom. The maximum absolute atomic E-state index is 13.0. The molecule has 1 aromatic carbocycles. The molecule has 0 amide bonds. The Morgan fingerprint density at radius 2 is 1.58 bits per heavy atom. The van der Waals surface area contributed by atoms with Crippen molar-refractivity contribution in [2.45, 2.75) is 44.9 Å². The number of ketones is 1. The van der Waals surface area contributed by atoms with Gasteiger partial charge in [-0.1, -0.05) is 30.3 Å². The summed E-state index contributed by atoms with van der Waals surface area (Å²) in [5.74, 6) is 3.06. The van der Waals surface area contributed by atoms with Crippen LogP contribution in [0.2, 0.25) is 0 Å². The summed E-state index contributed by atoms with van der Waals surface area (Å²) >= 11 is 0. The van der Waals surface area contributed by atoms with Gasteiger partial charge in [-0.3, -0.25) is 4.79 Å². The number of carbonyl (C=O) groups excluding carboxylic acids is 1. The van der Waals surface area contributed by atoms with Crippen LogP contribution >= 0.6 is 0 Å². The van der Waals surface area contributed by atoms with Crippen molar-refractivity contribution >= 4 is 5.78 Å². The molecule has 4 bridgehead atoms. The van der Waals surface area contributed by atoms with Crippen LogP contribution in [0.15, 0.2) is 30.3 Å². The maximum atomic E-state index is 13.0. The van der Waals surface area contributed by atoms with Crippen LogP contribution < -0.4 is 0 Å². The lowest BCUT2D eigenvalue weighted by Gasteiger charge is -2.44. The van der Waals surface area contributed by atoms with Gasteiger partial charge in [0.1, 0.15) is 0 Å². The predicted octanol–water partition coefficient (Wildman–Crippen LogP) is 4.48. The molecule has 1 aromatic rings. The molecule has 0 radical (unpaired) electrons. The third-order valence-corrected chi connectivity index (χ3v) is 5.91. The Bertz CT molecular complexity index is 476. The molecule has 4 aliphatic carbocycles. The summed E-state index contributed by atoms with van der Waals surface area (Å²) in [4.78, 5) is 13.0. The molecule has 0 aromatic heterocycles. The van der Waals surface area contributed by atoms with Gasteiger partial charge in [0.2, 0.25) is 0 Å². The van der Waals surface area contributed by atoms with Crippen LogP contribution in [0.5, 0.6) is 0 Å². The van der Waals surface area contributed by atoms with Gasteiger partial charge in [-0.25, -0.2) is 0 Å². The molecule has 0 aliphatic heterocycles. The van der Waals surface area contributed by atoms with E-state index in [0.29, 0.717) is 5.78 Å². The van der Waals surface area contributed by atoms with Gasteiger partial charge in [0.05, 0.1) is 0 Å². The van der Waals surface area contributed by atoms with Crippen LogP contribution in [0.1, 0.15) is 55.3 Å². The fraction of sp³-hybridized carbons (Fsp3) is 0.611. The molecule has 0 heterocycles. The highest BCUT2D eigenvalue weighted by atomic mass is 16.1. The first-order chi connectivity index (χ1) is 9.25. The summed E-state index contributed by atoms with van der Waals surface area (Å²) in [6, 6.07) is 10.0. The highest BCUT2D eigenvalue weighted by Crippen LogP contribution is 2.58. The van der Waals surface area contributed by atoms with Gasteiger partial charge in [-0.05, 0) is 62.7 Å². The van der Waals surface area contributed by atoms with Crippen LogP contribution in [-0.4, -0.2) is 5.78 Å². The quantitative estimate of drug-likeness (QED) is 0.711. The first-order valence-electron chi connectivity index (χ1n) is 7.85. The van der Waals surface area contributed by atoms with Crippen molar-refractivity contribution < 1.29 is 4.79 Å². The zero-order chi connectivity index (χ0) is 12.9. The molecule has 100 valence electrons. The molecule has 1 nitrogen and oxygen atoms in total. The fourth-order valence-corrected chi connectivity index (χ4v) is 5.34. The van der Waals surface area contributed by atoms with Crippen LogP contribution in [0.4, 0.5) is 0 Å². The highest BCUT2D eigenvalue weighted by molar-refractivity contribution is 6.00. The molecule has 19 heavy (non-hydrogen) atoms. The van der Waals surface area contributed by atoms with Crippen molar-refractivity contribution in [2.75, 3.05) is 0 Å². The number of carbonyl (C=O) groups is 1. The van der Waals surface area contributed by atoms with E-state index in [0.717, 1.165) is 29.7 Å². The van der Waals surface area contributed by atoms with E-state index in [-0.39, 0.29) is 5.41 Å². The number of benzene rings is 1. The van der Waals surface area contributed by atoms with E-state index in [2.05, 4.69) is 0 Å². The summed E-state index contributed by atoms with van der Waals surface area (Å²) < 4.78 is 0. The van der Waals surface area contributed by atoms with E-state index < -0.39 is 0 Å². The maximum Gasteiger partial charge on any atom is 0.169 e. The first-order valence-corrected chi connectivity index (χ1v) is 7.85. The van der Waals surface area contributed by atoms with Gasteiger partial charge in [-0.15, -0.1) is 0 Å². The van der Waals surface area contributed by atoms with Crippen LogP contribution in [-0.2, 0) is 0 Å². The predicted molar refractivity (Wildman–Crippen MR) is 76.0 cm³/mol. The van der Waals surface area contributed by atoms with Crippen LogP contribution in [0, 0.1) is 23.2 Å². The molecular formula is C18H22O. The number of hydrogen-bond donors (Lipinski definition) is 0. The second-order valence-electron chi connectivity index (χ2n) is 7.23. The number of rotatable bonds is 2. The molecule has 0 N–H and O–H groups in total. The van der Waals surface area contributed by atoms with Crippen LogP contribution in [0.25, 0.3) is 0 Å². The van der Waals surface area contributed by atoms with Gasteiger partial charge in [0.15, 0.2) is 5.78 Å². The molecule has 1 heteroatoms. The molecule has 5 rings (SSSR count). The van der Waals surface area contributed by atoms with Crippen molar-refractivity contribution in [3.05, 3.63) is 35.9 Å². The first kappa shape index (κ1) is 11.7. The third-order valence-electron chi connectivity index (χ3n) is 5.91. The summed E-state index contributed by atoms with van der Waals surface area (Å²) in [6.07, 6.45) is 9.01. The van der Waals surface area contributed by atoms with Crippen molar-refractivity contribution in [3.63, 3.8) is 0 Å².